The second-order valence-electron chi connectivity index (χ2n) is 7.69. The van der Waals surface area contributed by atoms with Crippen molar-refractivity contribution < 1.29 is 18.7 Å². The summed E-state index contributed by atoms with van der Waals surface area (Å²) in [5, 5.41) is 3.07. The monoisotopic (exact) mass is 435 g/mol. The number of rotatable bonds is 8. The first-order valence-corrected chi connectivity index (χ1v) is 10.8. The van der Waals surface area contributed by atoms with Crippen LogP contribution in [0.25, 0.3) is 0 Å². The molecule has 0 bridgehead atoms. The van der Waals surface area contributed by atoms with E-state index in [4.69, 9.17) is 13.9 Å². The van der Waals surface area contributed by atoms with Gasteiger partial charge in [0.05, 0.1) is 26.5 Å². The number of carbonyl (C=O) groups excluding carboxylic acids is 1. The minimum absolute atomic E-state index is 0.0300. The average Bonchev–Trinajstić information content (AvgIpc) is 3.39. The van der Waals surface area contributed by atoms with Crippen LogP contribution in [0.2, 0.25) is 0 Å². The van der Waals surface area contributed by atoms with E-state index < -0.39 is 0 Å². The topological polar surface area (TPSA) is 67.2 Å². The summed E-state index contributed by atoms with van der Waals surface area (Å²) in [5.41, 5.74) is 1.76. The number of anilines is 1. The molecule has 0 radical (unpaired) electrons. The number of methoxy groups -OCH3 is 2. The fraction of sp³-hybridized carbons (Fsp3) is 0.320. The Morgan fingerprint density at radius 1 is 0.969 bits per heavy atom. The smallest absolute Gasteiger partial charge is 0.251 e. The van der Waals surface area contributed by atoms with Gasteiger partial charge >= 0.3 is 0 Å². The van der Waals surface area contributed by atoms with Crippen molar-refractivity contribution in [3.8, 4) is 11.5 Å². The molecule has 1 amide bonds. The summed E-state index contributed by atoms with van der Waals surface area (Å²) in [4.78, 5) is 17.5. The largest absolute Gasteiger partial charge is 0.497 e. The Balaban J connectivity index is 1.39. The molecule has 1 aliphatic heterocycles. The first-order chi connectivity index (χ1) is 15.7. The van der Waals surface area contributed by atoms with Crippen LogP contribution in [-0.2, 0) is 0 Å². The van der Waals surface area contributed by atoms with Crippen LogP contribution in [-0.4, -0.2) is 57.8 Å². The maximum Gasteiger partial charge on any atom is 0.251 e. The summed E-state index contributed by atoms with van der Waals surface area (Å²) >= 11 is 0. The predicted molar refractivity (Wildman–Crippen MR) is 124 cm³/mol. The molecule has 1 saturated heterocycles. The first kappa shape index (κ1) is 21.8. The fourth-order valence-electron chi connectivity index (χ4n) is 4.03. The van der Waals surface area contributed by atoms with E-state index in [9.17, 15) is 4.79 Å². The SMILES string of the molecule is COc1ccc(N2CCN(C(CNC(=O)c3cccc(OC)c3)c3ccco3)CC2)cc1. The zero-order valence-electron chi connectivity index (χ0n) is 18.5. The number of carbonyl (C=O) groups is 1. The maximum atomic E-state index is 12.7. The molecule has 32 heavy (non-hydrogen) atoms. The van der Waals surface area contributed by atoms with Gasteiger partial charge in [-0.2, -0.15) is 0 Å². The van der Waals surface area contributed by atoms with Crippen LogP contribution in [0.4, 0.5) is 5.69 Å². The average molecular weight is 436 g/mol. The molecular weight excluding hydrogens is 406 g/mol. The molecule has 7 heteroatoms. The van der Waals surface area contributed by atoms with Crippen LogP contribution in [0.5, 0.6) is 11.5 Å². The van der Waals surface area contributed by atoms with Gasteiger partial charge in [0.25, 0.3) is 5.91 Å². The molecule has 1 unspecified atom stereocenters. The summed E-state index contributed by atoms with van der Waals surface area (Å²) in [6.07, 6.45) is 1.68. The van der Waals surface area contributed by atoms with Gasteiger partial charge in [0.15, 0.2) is 0 Å². The Labute approximate surface area is 188 Å². The molecular formula is C25H29N3O4. The van der Waals surface area contributed by atoms with Gasteiger partial charge in [-0.15, -0.1) is 0 Å². The molecule has 0 spiro atoms. The predicted octanol–water partition coefficient (Wildman–Crippen LogP) is 3.59. The summed E-state index contributed by atoms with van der Waals surface area (Å²) < 4.78 is 16.2. The number of nitrogens with one attached hydrogen (secondary N) is 1. The fourth-order valence-corrected chi connectivity index (χ4v) is 4.03. The number of piperazine rings is 1. The quantitative estimate of drug-likeness (QED) is 0.583. The number of amides is 1. The lowest BCUT2D eigenvalue weighted by Gasteiger charge is -2.39. The van der Waals surface area contributed by atoms with E-state index in [1.165, 1.54) is 5.69 Å². The minimum Gasteiger partial charge on any atom is -0.497 e. The van der Waals surface area contributed by atoms with Crippen LogP contribution >= 0.6 is 0 Å². The molecule has 3 aromatic rings. The molecule has 1 N–H and O–H groups in total. The summed E-state index contributed by atoms with van der Waals surface area (Å²) in [6.45, 7) is 3.99. The zero-order chi connectivity index (χ0) is 22.3. The molecule has 0 aliphatic carbocycles. The van der Waals surface area contributed by atoms with E-state index in [2.05, 4.69) is 27.2 Å². The van der Waals surface area contributed by atoms with Crippen molar-refractivity contribution in [2.24, 2.45) is 0 Å². The summed E-state index contributed by atoms with van der Waals surface area (Å²) in [7, 11) is 3.27. The van der Waals surface area contributed by atoms with Gasteiger partial charge in [-0.3, -0.25) is 9.69 Å². The number of ether oxygens (including phenoxy) is 2. The van der Waals surface area contributed by atoms with Crippen molar-refractivity contribution in [3.63, 3.8) is 0 Å². The number of hydrogen-bond acceptors (Lipinski definition) is 6. The lowest BCUT2D eigenvalue weighted by atomic mass is 10.1. The third kappa shape index (κ3) is 5.06. The normalized spacial score (nSPS) is 15.2. The molecule has 2 heterocycles. The summed E-state index contributed by atoms with van der Waals surface area (Å²) in [6, 6.07) is 19.2. The van der Waals surface area contributed by atoms with E-state index in [-0.39, 0.29) is 11.9 Å². The Bertz CT molecular complexity index is 996. The van der Waals surface area contributed by atoms with E-state index >= 15 is 0 Å². The number of benzene rings is 2. The zero-order valence-corrected chi connectivity index (χ0v) is 18.5. The molecule has 4 rings (SSSR count). The Morgan fingerprint density at radius 2 is 1.72 bits per heavy atom. The minimum atomic E-state index is -0.127. The van der Waals surface area contributed by atoms with Crippen LogP contribution in [0, 0.1) is 0 Å². The molecule has 2 aromatic carbocycles. The Morgan fingerprint density at radius 3 is 2.38 bits per heavy atom. The lowest BCUT2D eigenvalue weighted by molar-refractivity contribution is 0.0922. The van der Waals surface area contributed by atoms with Crippen LogP contribution in [0.3, 0.4) is 0 Å². The molecule has 1 aromatic heterocycles. The van der Waals surface area contributed by atoms with Gasteiger partial charge < -0.3 is 24.1 Å². The lowest BCUT2D eigenvalue weighted by Crippen LogP contribution is -2.49. The van der Waals surface area contributed by atoms with Crippen molar-refractivity contribution in [2.75, 3.05) is 51.8 Å². The molecule has 1 aliphatic rings. The van der Waals surface area contributed by atoms with Crippen molar-refractivity contribution in [2.45, 2.75) is 6.04 Å². The third-order valence-corrected chi connectivity index (χ3v) is 5.85. The highest BCUT2D eigenvalue weighted by atomic mass is 16.5. The Hall–Kier alpha value is -3.45. The van der Waals surface area contributed by atoms with E-state index in [0.29, 0.717) is 17.9 Å². The second-order valence-corrected chi connectivity index (χ2v) is 7.69. The highest BCUT2D eigenvalue weighted by Gasteiger charge is 2.27. The first-order valence-electron chi connectivity index (χ1n) is 10.8. The molecule has 0 saturated carbocycles. The van der Waals surface area contributed by atoms with Gasteiger partial charge in [0.2, 0.25) is 0 Å². The number of nitrogens with zero attached hydrogens (tertiary/aromatic N) is 2. The van der Waals surface area contributed by atoms with Crippen molar-refractivity contribution in [1.82, 2.24) is 10.2 Å². The number of furan rings is 1. The van der Waals surface area contributed by atoms with Crippen molar-refractivity contribution in [3.05, 3.63) is 78.3 Å². The van der Waals surface area contributed by atoms with E-state index in [0.717, 1.165) is 37.7 Å². The maximum absolute atomic E-state index is 12.7. The highest BCUT2D eigenvalue weighted by Crippen LogP contribution is 2.25. The van der Waals surface area contributed by atoms with E-state index in [1.54, 1.807) is 32.6 Å². The summed E-state index contributed by atoms with van der Waals surface area (Å²) in [5.74, 6) is 2.25. The standard InChI is InChI=1S/C25H29N3O4/c1-30-21-10-8-20(9-11-21)27-12-14-28(15-13-27)23(24-7-4-16-32-24)18-26-25(29)19-5-3-6-22(17-19)31-2/h3-11,16-17,23H,12-15,18H2,1-2H3,(H,26,29). The van der Waals surface area contributed by atoms with Gasteiger partial charge in [-0.1, -0.05) is 6.07 Å². The van der Waals surface area contributed by atoms with Crippen molar-refractivity contribution >= 4 is 11.6 Å². The number of hydrogen-bond donors (Lipinski definition) is 1. The molecule has 1 atom stereocenters. The Kier molecular flexibility index (Phi) is 6.97. The van der Waals surface area contributed by atoms with Crippen LogP contribution < -0.4 is 19.7 Å². The van der Waals surface area contributed by atoms with Gasteiger partial charge in [-0.05, 0) is 54.6 Å². The van der Waals surface area contributed by atoms with Crippen molar-refractivity contribution in [1.29, 1.82) is 0 Å². The van der Waals surface area contributed by atoms with Crippen LogP contribution in [0.1, 0.15) is 22.2 Å². The second kappa shape index (κ2) is 10.2. The highest BCUT2D eigenvalue weighted by molar-refractivity contribution is 5.94. The van der Waals surface area contributed by atoms with Crippen LogP contribution in [0.15, 0.2) is 71.3 Å². The van der Waals surface area contributed by atoms with Gasteiger partial charge in [0.1, 0.15) is 17.3 Å². The third-order valence-electron chi connectivity index (χ3n) is 5.85. The van der Waals surface area contributed by atoms with E-state index in [1.807, 2.05) is 36.4 Å². The molecule has 1 fully saturated rings. The van der Waals surface area contributed by atoms with Gasteiger partial charge in [0, 0.05) is 44.0 Å². The molecule has 168 valence electrons. The molecule has 7 nitrogen and oxygen atoms in total. The van der Waals surface area contributed by atoms with Gasteiger partial charge in [-0.25, -0.2) is 0 Å².